The van der Waals surface area contributed by atoms with E-state index >= 15 is 0 Å². The highest BCUT2D eigenvalue weighted by atomic mass is 32.1. The van der Waals surface area contributed by atoms with E-state index in [4.69, 9.17) is 10.7 Å². The van der Waals surface area contributed by atoms with Crippen LogP contribution in [0.3, 0.4) is 0 Å². The van der Waals surface area contributed by atoms with Crippen molar-refractivity contribution >= 4 is 33.9 Å². The fourth-order valence-corrected chi connectivity index (χ4v) is 4.69. The minimum absolute atomic E-state index is 0.251. The van der Waals surface area contributed by atoms with Gasteiger partial charge in [-0.3, -0.25) is 0 Å². The molecule has 0 amide bonds. The number of hydrogen-bond donors (Lipinski definition) is 1. The molecular formula is C24H22N6S. The smallest absolute Gasteiger partial charge is 0.142 e. The zero-order chi connectivity index (χ0) is 21.4. The number of hydrogen-bond acceptors (Lipinski definition) is 7. The first-order valence-electron chi connectivity index (χ1n) is 10.2. The molecule has 1 saturated heterocycles. The van der Waals surface area contributed by atoms with Crippen molar-refractivity contribution < 1.29 is 0 Å². The summed E-state index contributed by atoms with van der Waals surface area (Å²) in [4.78, 5) is 15.2. The second-order valence-corrected chi connectivity index (χ2v) is 8.69. The number of benzene rings is 1. The second-order valence-electron chi connectivity index (χ2n) is 7.75. The van der Waals surface area contributed by atoms with Gasteiger partial charge in [-0.25, -0.2) is 9.97 Å². The molecule has 5 rings (SSSR count). The van der Waals surface area contributed by atoms with E-state index in [-0.39, 0.29) is 5.82 Å². The highest BCUT2D eigenvalue weighted by Gasteiger charge is 2.23. The van der Waals surface area contributed by atoms with E-state index in [1.807, 2.05) is 41.8 Å². The van der Waals surface area contributed by atoms with E-state index in [0.29, 0.717) is 5.56 Å². The normalized spacial score (nSPS) is 14.6. The molecule has 0 aliphatic carbocycles. The number of thiophene rings is 1. The van der Waals surface area contributed by atoms with E-state index in [0.717, 1.165) is 64.6 Å². The van der Waals surface area contributed by atoms with Crippen LogP contribution in [0.4, 0.5) is 11.6 Å². The first kappa shape index (κ1) is 19.5. The van der Waals surface area contributed by atoms with Crippen LogP contribution in [0.1, 0.15) is 5.56 Å². The molecule has 1 aromatic carbocycles. The number of para-hydroxylation sites is 1. The molecule has 4 aromatic rings. The third-order valence-electron chi connectivity index (χ3n) is 5.73. The molecule has 7 heteroatoms. The van der Waals surface area contributed by atoms with Crippen molar-refractivity contribution in [3.05, 3.63) is 59.5 Å². The maximum atomic E-state index is 9.92. The number of anilines is 2. The molecule has 3 aromatic heterocycles. The van der Waals surface area contributed by atoms with Gasteiger partial charge in [0.1, 0.15) is 23.3 Å². The van der Waals surface area contributed by atoms with Crippen LogP contribution in [0.25, 0.3) is 32.6 Å². The molecule has 6 nitrogen and oxygen atoms in total. The Hall–Kier alpha value is -3.47. The maximum Gasteiger partial charge on any atom is 0.142 e. The van der Waals surface area contributed by atoms with E-state index in [1.165, 1.54) is 0 Å². The van der Waals surface area contributed by atoms with Crippen molar-refractivity contribution in [2.24, 2.45) is 0 Å². The van der Waals surface area contributed by atoms with E-state index in [1.54, 1.807) is 11.3 Å². The maximum absolute atomic E-state index is 9.92. The summed E-state index contributed by atoms with van der Waals surface area (Å²) < 4.78 is 0. The number of nitriles is 1. The summed E-state index contributed by atoms with van der Waals surface area (Å²) in [5.74, 6) is 1.15. The number of aromatic nitrogens is 2. The van der Waals surface area contributed by atoms with Gasteiger partial charge < -0.3 is 15.5 Å². The summed E-state index contributed by atoms with van der Waals surface area (Å²) in [5.41, 5.74) is 10.1. The average molecular weight is 427 g/mol. The predicted octanol–water partition coefficient (Wildman–Crippen LogP) is 4.23. The summed E-state index contributed by atoms with van der Waals surface area (Å²) in [7, 11) is 2.14. The van der Waals surface area contributed by atoms with Crippen LogP contribution in [0.15, 0.2) is 53.9 Å². The summed E-state index contributed by atoms with van der Waals surface area (Å²) >= 11 is 1.60. The molecule has 0 unspecified atom stereocenters. The predicted molar refractivity (Wildman–Crippen MR) is 127 cm³/mol. The van der Waals surface area contributed by atoms with E-state index in [9.17, 15) is 5.26 Å². The summed E-state index contributed by atoms with van der Waals surface area (Å²) in [6.45, 7) is 3.71. The Morgan fingerprint density at radius 3 is 2.55 bits per heavy atom. The molecule has 0 spiro atoms. The van der Waals surface area contributed by atoms with E-state index < -0.39 is 0 Å². The van der Waals surface area contributed by atoms with E-state index in [2.05, 4.69) is 40.0 Å². The lowest BCUT2D eigenvalue weighted by Gasteiger charge is -2.34. The van der Waals surface area contributed by atoms with Gasteiger partial charge in [0, 0.05) is 42.7 Å². The van der Waals surface area contributed by atoms with Crippen molar-refractivity contribution in [1.29, 1.82) is 5.26 Å². The SMILES string of the molecule is CN1CCN(c2nc3ccccc3cc2-c2cc(-c3cccs3)nc(N)c2C#N)CC1. The number of likely N-dealkylation sites (N-methyl/N-ethyl adjacent to an activating group) is 1. The molecule has 1 fully saturated rings. The van der Waals surface area contributed by atoms with Crippen molar-refractivity contribution in [2.75, 3.05) is 43.9 Å². The lowest BCUT2D eigenvalue weighted by Crippen LogP contribution is -2.45. The Balaban J connectivity index is 1.76. The quantitative estimate of drug-likeness (QED) is 0.528. The Morgan fingerprint density at radius 2 is 1.81 bits per heavy atom. The molecule has 4 heterocycles. The van der Waals surface area contributed by atoms with Crippen molar-refractivity contribution in [3.8, 4) is 27.8 Å². The molecule has 31 heavy (non-hydrogen) atoms. The average Bonchev–Trinajstić information content (AvgIpc) is 3.33. The number of nitrogen functional groups attached to an aromatic ring is 1. The Kier molecular flexibility index (Phi) is 5.02. The Bertz CT molecular complexity index is 1280. The lowest BCUT2D eigenvalue weighted by atomic mass is 9.98. The molecule has 0 atom stereocenters. The van der Waals surface area contributed by atoms with Crippen molar-refractivity contribution in [2.45, 2.75) is 0 Å². The molecule has 154 valence electrons. The van der Waals surface area contributed by atoms with Crippen molar-refractivity contribution in [1.82, 2.24) is 14.9 Å². The molecule has 0 bridgehead atoms. The van der Waals surface area contributed by atoms with Crippen LogP contribution in [-0.4, -0.2) is 48.1 Å². The zero-order valence-corrected chi connectivity index (χ0v) is 18.1. The van der Waals surface area contributed by atoms with Gasteiger partial charge >= 0.3 is 0 Å². The van der Waals surface area contributed by atoms with Crippen LogP contribution in [0.2, 0.25) is 0 Å². The highest BCUT2D eigenvalue weighted by Crippen LogP contribution is 2.38. The first-order chi connectivity index (χ1) is 15.1. The fraction of sp³-hybridized carbons (Fsp3) is 0.208. The fourth-order valence-electron chi connectivity index (χ4n) is 4.01. The van der Waals surface area contributed by atoms with Gasteiger partial charge in [-0.2, -0.15) is 5.26 Å². The number of rotatable bonds is 3. The van der Waals surface area contributed by atoms with Crippen LogP contribution >= 0.6 is 11.3 Å². The number of fused-ring (bicyclic) bond motifs is 1. The Labute approximate surface area is 185 Å². The van der Waals surface area contributed by atoms with Crippen molar-refractivity contribution in [3.63, 3.8) is 0 Å². The van der Waals surface area contributed by atoms with Gasteiger partial charge in [-0.1, -0.05) is 24.3 Å². The third kappa shape index (κ3) is 3.61. The van der Waals surface area contributed by atoms with Gasteiger partial charge in [-0.15, -0.1) is 11.3 Å². The van der Waals surface area contributed by atoms with Gasteiger partial charge in [0.2, 0.25) is 0 Å². The highest BCUT2D eigenvalue weighted by molar-refractivity contribution is 7.13. The lowest BCUT2D eigenvalue weighted by molar-refractivity contribution is 0.312. The van der Waals surface area contributed by atoms with Gasteiger partial charge in [0.15, 0.2) is 0 Å². The topological polar surface area (TPSA) is 82.1 Å². The van der Waals surface area contributed by atoms with Crippen LogP contribution in [0.5, 0.6) is 0 Å². The number of nitrogens with zero attached hydrogens (tertiary/aromatic N) is 5. The van der Waals surface area contributed by atoms with Crippen LogP contribution in [-0.2, 0) is 0 Å². The monoisotopic (exact) mass is 426 g/mol. The third-order valence-corrected chi connectivity index (χ3v) is 6.62. The largest absolute Gasteiger partial charge is 0.383 e. The number of pyridine rings is 2. The second kappa shape index (κ2) is 7.99. The van der Waals surface area contributed by atoms with Crippen LogP contribution < -0.4 is 10.6 Å². The summed E-state index contributed by atoms with van der Waals surface area (Å²) in [5, 5.41) is 13.0. The minimum atomic E-state index is 0.251. The molecule has 2 N–H and O–H groups in total. The molecule has 1 aliphatic heterocycles. The summed E-state index contributed by atoms with van der Waals surface area (Å²) in [6, 6.07) is 18.5. The molecule has 0 saturated carbocycles. The Morgan fingerprint density at radius 1 is 1.00 bits per heavy atom. The standard InChI is InChI=1S/C24H22N6S/c1-29-8-10-30(11-9-29)24-18(13-16-5-2-3-6-20(16)28-24)17-14-21(22-7-4-12-31-22)27-23(26)19(17)15-25/h2-7,12-14H,8-11H2,1H3,(H2,26,27). The van der Waals surface area contributed by atoms with Gasteiger partial charge in [-0.05, 0) is 36.7 Å². The van der Waals surface area contributed by atoms with Gasteiger partial charge in [0.05, 0.1) is 16.1 Å². The number of piperazine rings is 1. The first-order valence-corrected chi connectivity index (χ1v) is 11.1. The van der Waals surface area contributed by atoms with Crippen LogP contribution in [0, 0.1) is 11.3 Å². The number of nitrogens with two attached hydrogens (primary N) is 1. The van der Waals surface area contributed by atoms with Gasteiger partial charge in [0.25, 0.3) is 0 Å². The molecular weight excluding hydrogens is 404 g/mol. The summed E-state index contributed by atoms with van der Waals surface area (Å²) in [6.07, 6.45) is 0. The molecule has 1 aliphatic rings. The zero-order valence-electron chi connectivity index (χ0n) is 17.2. The minimum Gasteiger partial charge on any atom is -0.383 e. The molecule has 0 radical (unpaired) electrons.